The zero-order valence-corrected chi connectivity index (χ0v) is 25.4. The van der Waals surface area contributed by atoms with Crippen LogP contribution in [0, 0.1) is 17.7 Å². The van der Waals surface area contributed by atoms with Crippen molar-refractivity contribution in [1.29, 1.82) is 0 Å². The summed E-state index contributed by atoms with van der Waals surface area (Å²) in [6, 6.07) is 4.35. The van der Waals surface area contributed by atoms with E-state index < -0.39 is 22.0 Å². The lowest BCUT2D eigenvalue weighted by molar-refractivity contribution is -0.128. The third-order valence-corrected chi connectivity index (χ3v) is 9.01. The molecule has 3 fully saturated rings. The van der Waals surface area contributed by atoms with E-state index in [1.807, 2.05) is 6.92 Å². The number of hydrogen-bond acceptors (Lipinski definition) is 7. The van der Waals surface area contributed by atoms with Gasteiger partial charge in [-0.2, -0.15) is 0 Å². The number of carboxylic acid groups (broad SMARTS) is 1. The average molecular weight is 638 g/mol. The highest BCUT2D eigenvalue weighted by Gasteiger charge is 2.44. The number of carbonyl (C=O) groups excluding carboxylic acids is 4. The van der Waals surface area contributed by atoms with E-state index in [-0.39, 0.29) is 47.3 Å². The Kier molecular flexibility index (Phi) is 13.5. The minimum Gasteiger partial charge on any atom is -0.465 e. The third kappa shape index (κ3) is 10.8. The zero-order chi connectivity index (χ0) is 33.0. The summed E-state index contributed by atoms with van der Waals surface area (Å²) in [5.74, 6) is -1.18. The van der Waals surface area contributed by atoms with Gasteiger partial charge in [0, 0.05) is 31.1 Å². The highest BCUT2D eigenvalue weighted by Crippen LogP contribution is 2.40. The number of halogens is 1. The number of nitrogens with zero attached hydrogens (tertiary/aromatic N) is 2. The lowest BCUT2D eigenvalue weighted by Gasteiger charge is -2.15. The van der Waals surface area contributed by atoms with E-state index in [4.69, 9.17) is 10.8 Å². The second kappa shape index (κ2) is 16.5. The number of nitrogens with two attached hydrogens (primary N) is 1. The van der Waals surface area contributed by atoms with Gasteiger partial charge >= 0.3 is 6.09 Å². The fourth-order valence-corrected chi connectivity index (χ4v) is 5.79. The Balaban J connectivity index is 0.000000211. The summed E-state index contributed by atoms with van der Waals surface area (Å²) in [6.45, 7) is 10.5. The number of likely N-dealkylation sites (tertiary alicyclic amines) is 1. The Hall–Kier alpha value is -4.27. The number of amides is 5. The molecule has 5 rings (SSSR count). The third-order valence-electron chi connectivity index (χ3n) is 7.18. The number of fused-ring (bicyclic) bond motifs is 1. The number of nitrogens with one attached hydrogen (secondary N) is 2. The van der Waals surface area contributed by atoms with Crippen LogP contribution >= 0.6 is 0 Å². The monoisotopic (exact) mass is 637 g/mol. The number of rotatable bonds is 8. The van der Waals surface area contributed by atoms with E-state index in [2.05, 4.69) is 23.2 Å². The fourth-order valence-electron chi connectivity index (χ4n) is 4.44. The van der Waals surface area contributed by atoms with Gasteiger partial charge in [0.1, 0.15) is 11.9 Å². The summed E-state index contributed by atoms with van der Waals surface area (Å²) in [4.78, 5) is 55.6. The Morgan fingerprint density at radius 2 is 1.84 bits per heavy atom. The Morgan fingerprint density at radius 1 is 1.16 bits per heavy atom. The molecule has 1 aromatic carbocycles. The Morgan fingerprint density at radius 3 is 2.27 bits per heavy atom. The molecule has 5 amide bonds. The van der Waals surface area contributed by atoms with Gasteiger partial charge < -0.3 is 21.1 Å². The fraction of sp³-hybridized carbons (Fsp3) is 0.483. The number of likely N-dealkylation sites (N-methyl/N-ethyl adjacent to an activating group) is 1. The summed E-state index contributed by atoms with van der Waals surface area (Å²) in [7, 11) is -3.36. The van der Waals surface area contributed by atoms with Crippen molar-refractivity contribution in [2.24, 2.45) is 17.6 Å². The molecule has 2 unspecified atom stereocenters. The molecule has 2 aliphatic carbocycles. The summed E-state index contributed by atoms with van der Waals surface area (Å²) in [5, 5.41) is 10.9. The van der Waals surface area contributed by atoms with Gasteiger partial charge in [-0.25, -0.2) is 17.6 Å². The van der Waals surface area contributed by atoms with Crippen LogP contribution in [0.25, 0.3) is 0 Å². The predicted octanol–water partition coefficient (Wildman–Crippen LogP) is 1.64. The van der Waals surface area contributed by atoms with Gasteiger partial charge in [-0.05, 0) is 62.7 Å². The van der Waals surface area contributed by atoms with Crippen molar-refractivity contribution in [3.63, 3.8) is 0 Å². The van der Waals surface area contributed by atoms with Crippen LogP contribution in [0.4, 0.5) is 9.18 Å². The number of hydrogen-bond donors (Lipinski definition) is 4. The molecular weight excluding hydrogens is 597 g/mol. The predicted molar refractivity (Wildman–Crippen MR) is 159 cm³/mol. The number of sulfonamides is 1. The van der Waals surface area contributed by atoms with E-state index in [1.165, 1.54) is 21.9 Å². The van der Waals surface area contributed by atoms with Crippen LogP contribution in [0.15, 0.2) is 43.5 Å². The number of benzene rings is 1. The molecule has 242 valence electrons. The van der Waals surface area contributed by atoms with Crippen molar-refractivity contribution >= 4 is 40.2 Å². The number of carbonyl (C=O) groups is 5. The molecule has 0 aromatic heterocycles. The first kappa shape index (κ1) is 35.9. The molecule has 13 nitrogen and oxygen atoms in total. The minimum atomic E-state index is -3.36. The maximum absolute atomic E-state index is 13.1. The maximum atomic E-state index is 13.1. The Bertz CT molecular complexity index is 1350. The summed E-state index contributed by atoms with van der Waals surface area (Å²) >= 11 is 0. The minimum absolute atomic E-state index is 0.109. The van der Waals surface area contributed by atoms with Crippen molar-refractivity contribution in [3.8, 4) is 0 Å². The molecule has 3 atom stereocenters. The number of allylic oxidation sites excluding steroid dienone is 1. The molecule has 2 saturated carbocycles. The highest BCUT2D eigenvalue weighted by atomic mass is 32.2. The van der Waals surface area contributed by atoms with Gasteiger partial charge in [-0.15, -0.1) is 6.58 Å². The van der Waals surface area contributed by atoms with E-state index in [9.17, 15) is 36.8 Å². The van der Waals surface area contributed by atoms with Gasteiger partial charge in [-0.1, -0.05) is 24.8 Å². The average Bonchev–Trinajstić information content (AvgIpc) is 3.89. The molecule has 44 heavy (non-hydrogen) atoms. The molecule has 4 aliphatic rings. The number of primary amides is 1. The molecule has 1 aromatic rings. The van der Waals surface area contributed by atoms with Crippen LogP contribution in [0.3, 0.4) is 0 Å². The van der Waals surface area contributed by atoms with Gasteiger partial charge in [-0.3, -0.25) is 28.8 Å². The maximum Gasteiger partial charge on any atom is 0.407 e. The quantitative estimate of drug-likeness (QED) is 0.187. The van der Waals surface area contributed by atoms with Crippen molar-refractivity contribution < 1.29 is 41.9 Å². The normalized spacial score (nSPS) is 20.9. The lowest BCUT2D eigenvalue weighted by atomic mass is 10.1. The van der Waals surface area contributed by atoms with Crippen LogP contribution in [0.1, 0.15) is 50.2 Å². The van der Waals surface area contributed by atoms with Crippen LogP contribution in [0.2, 0.25) is 0 Å². The summed E-state index contributed by atoms with van der Waals surface area (Å²) in [5.41, 5.74) is 6.29. The SMILES string of the molecule is C=CC(=O)NCC.C=CC1C[C@@H]1C(=O)NS(=O)(=O)C1CC1.NC(=O)C1CCCN1C=O.O=C(O)N1Cc2cccc(F)c2C1. The van der Waals surface area contributed by atoms with Gasteiger partial charge in [0.15, 0.2) is 0 Å². The molecule has 2 heterocycles. The molecular formula is C29H40FN5O8S. The molecule has 5 N–H and O–H groups in total. The Labute approximate surface area is 256 Å². The second-order valence-corrected chi connectivity index (χ2v) is 12.4. The lowest BCUT2D eigenvalue weighted by Crippen LogP contribution is -2.39. The standard InChI is InChI=1S/C9H8FNO2.C9H13NO3S.C6H10N2O2.C5H9NO/c10-8-3-1-2-6-4-11(9(12)13)5-7(6)8;1-2-6-5-8(6)9(11)10-14(12,13)7-3-4-7;7-6(10)5-2-1-3-8(5)4-9;1-3-5(7)6-4-2/h1-3H,4-5H2,(H,12,13);2,6-8H,1,3-5H2,(H,10,11);4-5H,1-3H2,(H2,7,10);3H,1,4H2,2H3,(H,6,7)/t;6?,8-;;/m.0../s1. The van der Waals surface area contributed by atoms with Crippen LogP contribution in [0.5, 0.6) is 0 Å². The van der Waals surface area contributed by atoms with Gasteiger partial charge in [0.25, 0.3) is 0 Å². The molecule has 2 aliphatic heterocycles. The molecule has 0 spiro atoms. The first-order chi connectivity index (χ1) is 20.8. The highest BCUT2D eigenvalue weighted by molar-refractivity contribution is 7.90. The van der Waals surface area contributed by atoms with Gasteiger partial charge in [0.2, 0.25) is 34.2 Å². The van der Waals surface area contributed by atoms with E-state index >= 15 is 0 Å². The largest absolute Gasteiger partial charge is 0.465 e. The first-order valence-corrected chi connectivity index (χ1v) is 15.7. The van der Waals surface area contributed by atoms with Gasteiger partial charge in [0.05, 0.1) is 11.8 Å². The summed E-state index contributed by atoms with van der Waals surface area (Å²) in [6.07, 6.45) is 6.32. The van der Waals surface area contributed by atoms with Crippen LogP contribution in [-0.2, 0) is 42.3 Å². The van der Waals surface area contributed by atoms with Crippen molar-refractivity contribution in [2.75, 3.05) is 13.1 Å². The van der Waals surface area contributed by atoms with Crippen molar-refractivity contribution in [1.82, 2.24) is 19.8 Å². The zero-order valence-electron chi connectivity index (χ0n) is 24.6. The molecule has 0 radical (unpaired) electrons. The summed E-state index contributed by atoms with van der Waals surface area (Å²) < 4.78 is 38.0. The van der Waals surface area contributed by atoms with Crippen molar-refractivity contribution in [2.45, 2.75) is 63.4 Å². The van der Waals surface area contributed by atoms with E-state index in [0.717, 1.165) is 18.4 Å². The van der Waals surface area contributed by atoms with Crippen LogP contribution in [-0.4, -0.2) is 77.9 Å². The van der Waals surface area contributed by atoms with E-state index in [1.54, 1.807) is 18.2 Å². The first-order valence-electron chi connectivity index (χ1n) is 14.1. The van der Waals surface area contributed by atoms with E-state index in [0.29, 0.717) is 50.9 Å². The van der Waals surface area contributed by atoms with Crippen molar-refractivity contribution in [3.05, 3.63) is 60.5 Å². The second-order valence-electron chi connectivity index (χ2n) is 10.5. The smallest absolute Gasteiger partial charge is 0.407 e. The van der Waals surface area contributed by atoms with Crippen LogP contribution < -0.4 is 15.8 Å². The molecule has 1 saturated heterocycles. The topological polar surface area (TPSA) is 196 Å². The molecule has 0 bridgehead atoms. The molecule has 15 heteroatoms.